The van der Waals surface area contributed by atoms with Crippen LogP contribution in [0.1, 0.15) is 36.8 Å². The normalized spacial score (nSPS) is 19.2. The summed E-state index contributed by atoms with van der Waals surface area (Å²) in [5.41, 5.74) is 1.25. The summed E-state index contributed by atoms with van der Waals surface area (Å²) in [5, 5.41) is 20.1. The molecule has 1 aliphatic rings. The molecule has 0 aromatic heterocycles. The molecule has 0 bridgehead atoms. The molecule has 1 saturated carbocycles. The predicted molar refractivity (Wildman–Crippen MR) is 111 cm³/mol. The van der Waals surface area contributed by atoms with Crippen molar-refractivity contribution < 1.29 is 40.1 Å². The molecule has 29 heavy (non-hydrogen) atoms. The van der Waals surface area contributed by atoms with Gasteiger partial charge in [-0.2, -0.15) is 0 Å². The van der Waals surface area contributed by atoms with Gasteiger partial charge in [-0.1, -0.05) is 12.8 Å². The van der Waals surface area contributed by atoms with Gasteiger partial charge in [-0.25, -0.2) is 0 Å². The summed E-state index contributed by atoms with van der Waals surface area (Å²) >= 11 is 0. The quantitative estimate of drug-likeness (QED) is 0.476. The van der Waals surface area contributed by atoms with Gasteiger partial charge in [0.2, 0.25) is 0 Å². The van der Waals surface area contributed by atoms with E-state index in [1.165, 1.54) is 0 Å². The van der Waals surface area contributed by atoms with Crippen molar-refractivity contribution >= 4 is 12.4 Å². The second-order valence-electron chi connectivity index (χ2n) is 6.82. The first kappa shape index (κ1) is 22.9. The van der Waals surface area contributed by atoms with Crippen molar-refractivity contribution in [2.24, 2.45) is 9.98 Å². The Bertz CT molecular complexity index is 798. The molecule has 0 spiro atoms. The molecule has 7 heteroatoms. The van der Waals surface area contributed by atoms with Gasteiger partial charge >= 0.3 is 0 Å². The van der Waals surface area contributed by atoms with Gasteiger partial charge < -0.3 is 19.7 Å². The molecule has 0 saturated heterocycles. The van der Waals surface area contributed by atoms with E-state index in [9.17, 15) is 10.2 Å². The van der Waals surface area contributed by atoms with Crippen LogP contribution in [0.15, 0.2) is 46.4 Å². The van der Waals surface area contributed by atoms with E-state index < -0.39 is 0 Å². The first-order valence-corrected chi connectivity index (χ1v) is 9.41. The molecule has 2 unspecified atom stereocenters. The first-order valence-electron chi connectivity index (χ1n) is 9.41. The van der Waals surface area contributed by atoms with E-state index in [4.69, 9.17) is 19.5 Å². The van der Waals surface area contributed by atoms with Crippen molar-refractivity contribution in [1.82, 2.24) is 0 Å². The van der Waals surface area contributed by atoms with Crippen LogP contribution < -0.4 is 9.47 Å². The second kappa shape index (κ2) is 11.0. The summed E-state index contributed by atoms with van der Waals surface area (Å²) in [6.45, 7) is 0. The Kier molecular flexibility index (Phi) is 8.69. The van der Waals surface area contributed by atoms with Crippen LogP contribution in [-0.2, 0) is 20.4 Å². The Hall–Kier alpha value is -2.36. The SMILES string of the molecule is COc1ccc(O)c(C=NC2CCCCC2N=Cc2cc(OC)ccc2O)c1.[Pd]. The average molecular weight is 489 g/mol. The number of benzene rings is 2. The Morgan fingerprint density at radius 2 is 1.21 bits per heavy atom. The summed E-state index contributed by atoms with van der Waals surface area (Å²) in [4.78, 5) is 9.40. The van der Waals surface area contributed by atoms with E-state index in [-0.39, 0.29) is 44.0 Å². The fourth-order valence-corrected chi connectivity index (χ4v) is 3.32. The standard InChI is InChI=1S/C22H26N2O4.Pd/c1-27-17-7-9-21(25)15(11-17)13-23-19-5-3-4-6-20(19)24-14-16-12-18(28-2)8-10-22(16)26;/h7-14,19-20,25-26H,3-6H2,1-2H3;. The Morgan fingerprint density at radius 3 is 1.59 bits per heavy atom. The van der Waals surface area contributed by atoms with Crippen molar-refractivity contribution in [1.29, 1.82) is 0 Å². The van der Waals surface area contributed by atoms with Crippen LogP contribution in [0, 0.1) is 0 Å². The van der Waals surface area contributed by atoms with Gasteiger partial charge in [-0.15, -0.1) is 0 Å². The summed E-state index contributed by atoms with van der Waals surface area (Å²) in [7, 11) is 3.18. The molecular formula is C22H26N2O4Pd. The van der Waals surface area contributed by atoms with E-state index >= 15 is 0 Å². The molecule has 1 fully saturated rings. The monoisotopic (exact) mass is 488 g/mol. The summed E-state index contributed by atoms with van der Waals surface area (Å²) < 4.78 is 10.4. The van der Waals surface area contributed by atoms with E-state index in [1.54, 1.807) is 63.0 Å². The average Bonchev–Trinajstić information content (AvgIpc) is 2.73. The van der Waals surface area contributed by atoms with Crippen LogP contribution in [0.5, 0.6) is 23.0 Å². The van der Waals surface area contributed by atoms with Crippen LogP contribution in [-0.4, -0.2) is 48.9 Å². The van der Waals surface area contributed by atoms with Gasteiger partial charge in [0.1, 0.15) is 23.0 Å². The maximum absolute atomic E-state index is 10.0. The Labute approximate surface area is 185 Å². The molecule has 2 aromatic rings. The maximum atomic E-state index is 10.0. The minimum atomic E-state index is 0. The Balaban J connectivity index is 0.00000300. The van der Waals surface area contributed by atoms with Crippen molar-refractivity contribution in [3.8, 4) is 23.0 Å². The predicted octanol–water partition coefficient (Wildman–Crippen LogP) is 3.96. The largest absolute Gasteiger partial charge is 0.507 e. The molecule has 0 heterocycles. The third-order valence-electron chi connectivity index (χ3n) is 4.97. The molecule has 0 aliphatic heterocycles. The second-order valence-corrected chi connectivity index (χ2v) is 6.82. The van der Waals surface area contributed by atoms with Gasteiger partial charge in [0.15, 0.2) is 0 Å². The fourth-order valence-electron chi connectivity index (χ4n) is 3.32. The number of phenols is 2. The minimum Gasteiger partial charge on any atom is -0.507 e. The van der Waals surface area contributed by atoms with E-state index in [1.807, 2.05) is 0 Å². The van der Waals surface area contributed by atoms with Gasteiger partial charge in [0, 0.05) is 44.0 Å². The number of methoxy groups -OCH3 is 2. The van der Waals surface area contributed by atoms with Crippen molar-refractivity contribution in [2.75, 3.05) is 14.2 Å². The topological polar surface area (TPSA) is 83.6 Å². The van der Waals surface area contributed by atoms with Gasteiger partial charge in [-0.3, -0.25) is 9.98 Å². The number of phenolic OH excluding ortho intramolecular Hbond substituents is 2. The van der Waals surface area contributed by atoms with Gasteiger partial charge in [-0.05, 0) is 49.2 Å². The number of hydrogen-bond acceptors (Lipinski definition) is 6. The van der Waals surface area contributed by atoms with Crippen molar-refractivity contribution in [2.45, 2.75) is 37.8 Å². The molecule has 3 rings (SSSR count). The molecule has 158 valence electrons. The summed E-state index contributed by atoms with van der Waals surface area (Å²) in [6, 6.07) is 10.2. The Morgan fingerprint density at radius 1 is 0.793 bits per heavy atom. The summed E-state index contributed by atoms with van der Waals surface area (Å²) in [5.74, 6) is 1.68. The molecule has 2 atom stereocenters. The van der Waals surface area contributed by atoms with Crippen LogP contribution >= 0.6 is 0 Å². The summed E-state index contributed by atoms with van der Waals surface area (Å²) in [6.07, 6.45) is 7.46. The van der Waals surface area contributed by atoms with Gasteiger partial charge in [0.25, 0.3) is 0 Å². The smallest absolute Gasteiger partial charge is 0.124 e. The number of ether oxygens (including phenoxy) is 2. The zero-order valence-corrected chi connectivity index (χ0v) is 18.1. The molecule has 6 nitrogen and oxygen atoms in total. The van der Waals surface area contributed by atoms with Crippen LogP contribution in [0.25, 0.3) is 0 Å². The zero-order chi connectivity index (χ0) is 19.9. The number of aliphatic imine (C=N–C) groups is 2. The minimum absolute atomic E-state index is 0. The van der Waals surface area contributed by atoms with Gasteiger partial charge in [0.05, 0.1) is 26.3 Å². The molecule has 2 N–H and O–H groups in total. The maximum Gasteiger partial charge on any atom is 0.124 e. The number of hydrogen-bond donors (Lipinski definition) is 2. The van der Waals surface area contributed by atoms with Crippen LogP contribution in [0.3, 0.4) is 0 Å². The number of aromatic hydroxyl groups is 2. The van der Waals surface area contributed by atoms with Crippen LogP contribution in [0.2, 0.25) is 0 Å². The number of rotatable bonds is 6. The third-order valence-corrected chi connectivity index (χ3v) is 4.97. The van der Waals surface area contributed by atoms with E-state index in [0.717, 1.165) is 25.7 Å². The number of nitrogens with zero attached hydrogens (tertiary/aromatic N) is 2. The molecule has 0 amide bonds. The molecule has 2 aromatic carbocycles. The first-order chi connectivity index (χ1) is 13.6. The van der Waals surface area contributed by atoms with Crippen molar-refractivity contribution in [3.63, 3.8) is 0 Å². The fraction of sp³-hybridized carbons (Fsp3) is 0.364. The van der Waals surface area contributed by atoms with Crippen molar-refractivity contribution in [3.05, 3.63) is 47.5 Å². The molecule has 1 aliphatic carbocycles. The van der Waals surface area contributed by atoms with Crippen LogP contribution in [0.4, 0.5) is 0 Å². The third kappa shape index (κ3) is 6.06. The van der Waals surface area contributed by atoms with E-state index in [0.29, 0.717) is 22.6 Å². The zero-order valence-electron chi connectivity index (χ0n) is 16.5. The van der Waals surface area contributed by atoms with E-state index in [2.05, 4.69) is 0 Å². The molecule has 0 radical (unpaired) electrons. The molecular weight excluding hydrogens is 463 g/mol.